The quantitative estimate of drug-likeness (QED) is 0.602. The molecular formula is C8H19IO. The first-order valence-electron chi connectivity index (χ1n) is 6.79. The standard InChI is InChI=1S/C4H9I.C4H10O/c2*1-4(2)3-5/h4H,3H2,1-2H3;4-5H,3H2,1-2H3/i2*1D3,4D. The Morgan fingerprint density at radius 2 is 2.00 bits per heavy atom. The van der Waals surface area contributed by atoms with Gasteiger partial charge in [-0.1, -0.05) is 50.1 Å². The second-order valence-electron chi connectivity index (χ2n) is 1.85. The molecule has 0 saturated carbocycles. The van der Waals surface area contributed by atoms with Crippen molar-refractivity contribution in [1.82, 2.24) is 0 Å². The Labute approximate surface area is 89.6 Å². The Morgan fingerprint density at radius 1 is 1.50 bits per heavy atom. The van der Waals surface area contributed by atoms with E-state index in [-0.39, 0.29) is 0 Å². The second kappa shape index (κ2) is 9.69. The van der Waals surface area contributed by atoms with E-state index in [2.05, 4.69) is 0 Å². The lowest BCUT2D eigenvalue weighted by Gasteiger charge is -1.90. The van der Waals surface area contributed by atoms with Crippen LogP contribution in [0, 0.1) is 11.8 Å². The fraction of sp³-hybridized carbons (Fsp3) is 1.00. The van der Waals surface area contributed by atoms with Gasteiger partial charge in [0.15, 0.2) is 0 Å². The van der Waals surface area contributed by atoms with Gasteiger partial charge in [-0.15, -0.1) is 0 Å². The molecule has 0 rings (SSSR count). The topological polar surface area (TPSA) is 20.2 Å². The lowest BCUT2D eigenvalue weighted by molar-refractivity contribution is 0.248. The van der Waals surface area contributed by atoms with Crippen LogP contribution >= 0.6 is 22.6 Å². The highest BCUT2D eigenvalue weighted by atomic mass is 127. The maximum Gasteiger partial charge on any atom is 0.0453 e. The predicted octanol–water partition coefficient (Wildman–Crippen LogP) is 2.71. The normalized spacial score (nSPS) is 35.6. The highest BCUT2D eigenvalue weighted by Crippen LogP contribution is 1.95. The summed E-state index contributed by atoms with van der Waals surface area (Å²) in [6, 6.07) is 0. The van der Waals surface area contributed by atoms with Crippen molar-refractivity contribution in [2.24, 2.45) is 11.8 Å². The molecule has 0 spiro atoms. The van der Waals surface area contributed by atoms with Crippen LogP contribution in [0.5, 0.6) is 0 Å². The summed E-state index contributed by atoms with van der Waals surface area (Å²) in [5.41, 5.74) is 0. The minimum atomic E-state index is -2.39. The Bertz CT molecular complexity index is 218. The van der Waals surface area contributed by atoms with Gasteiger partial charge in [0.05, 0.1) is 0 Å². The summed E-state index contributed by atoms with van der Waals surface area (Å²) in [4.78, 5) is 0. The minimum Gasteiger partial charge on any atom is -0.396 e. The molecule has 0 aliphatic rings. The monoisotopic (exact) mass is 266 g/mol. The summed E-state index contributed by atoms with van der Waals surface area (Å²) in [5, 5.41) is 8.38. The maximum absolute atomic E-state index is 8.38. The fourth-order valence-corrected chi connectivity index (χ4v) is 0. The Balaban J connectivity index is 0. The van der Waals surface area contributed by atoms with Crippen molar-refractivity contribution in [3.63, 3.8) is 0 Å². The predicted molar refractivity (Wildman–Crippen MR) is 55.6 cm³/mol. The summed E-state index contributed by atoms with van der Waals surface area (Å²) in [5.74, 6) is -3.00. The third kappa shape index (κ3) is 23.4. The fourth-order valence-electron chi connectivity index (χ4n) is 0. The van der Waals surface area contributed by atoms with Gasteiger partial charge < -0.3 is 5.11 Å². The highest BCUT2D eigenvalue weighted by molar-refractivity contribution is 14.1. The maximum atomic E-state index is 8.38. The van der Waals surface area contributed by atoms with E-state index in [1.165, 1.54) is 13.8 Å². The van der Waals surface area contributed by atoms with Gasteiger partial charge in [-0.3, -0.25) is 0 Å². The number of aliphatic hydroxyl groups excluding tert-OH is 1. The molecule has 0 amide bonds. The van der Waals surface area contributed by atoms with Crippen molar-refractivity contribution in [3.8, 4) is 0 Å². The van der Waals surface area contributed by atoms with Crippen LogP contribution in [-0.4, -0.2) is 16.1 Å². The zero-order chi connectivity index (χ0) is 15.4. The molecule has 2 atom stereocenters. The van der Waals surface area contributed by atoms with E-state index in [4.69, 9.17) is 16.1 Å². The molecule has 0 heterocycles. The van der Waals surface area contributed by atoms with E-state index < -0.39 is 32.1 Å². The van der Waals surface area contributed by atoms with E-state index in [1.54, 1.807) is 0 Å². The summed E-state index contributed by atoms with van der Waals surface area (Å²) in [7, 11) is 0. The van der Waals surface area contributed by atoms with Crippen LogP contribution in [0.25, 0.3) is 0 Å². The van der Waals surface area contributed by atoms with Crippen LogP contribution in [0.1, 0.15) is 38.5 Å². The lowest BCUT2D eigenvalue weighted by atomic mass is 10.2. The molecule has 10 heavy (non-hydrogen) atoms. The number of rotatable bonds is 2. The largest absolute Gasteiger partial charge is 0.396 e. The van der Waals surface area contributed by atoms with Crippen LogP contribution in [0.2, 0.25) is 0 Å². The number of halogens is 1. The molecule has 2 unspecified atom stereocenters. The third-order valence-corrected chi connectivity index (χ3v) is 1.58. The zero-order valence-corrected chi connectivity index (χ0v) is 8.40. The molecule has 0 fully saturated rings. The van der Waals surface area contributed by atoms with Gasteiger partial charge in [-0.05, 0) is 11.8 Å². The second-order valence-corrected chi connectivity index (χ2v) is 2.62. The first kappa shape index (κ1) is 3.60. The number of alkyl halides is 1. The van der Waals surface area contributed by atoms with Crippen molar-refractivity contribution in [3.05, 3.63) is 0 Å². The smallest absolute Gasteiger partial charge is 0.0453 e. The molecule has 2 heteroatoms. The van der Waals surface area contributed by atoms with Crippen molar-refractivity contribution in [2.45, 2.75) is 27.6 Å². The molecule has 1 N–H and O–H groups in total. The minimum absolute atomic E-state index is 0.335. The Morgan fingerprint density at radius 3 is 2.00 bits per heavy atom. The van der Waals surface area contributed by atoms with Crippen molar-refractivity contribution >= 4 is 22.6 Å². The summed E-state index contributed by atoms with van der Waals surface area (Å²) < 4.78 is 55.4. The van der Waals surface area contributed by atoms with E-state index in [1.807, 2.05) is 22.6 Å². The van der Waals surface area contributed by atoms with Gasteiger partial charge >= 0.3 is 0 Å². The molecule has 0 aromatic rings. The Kier molecular flexibility index (Phi) is 3.49. The molecular weight excluding hydrogens is 239 g/mol. The molecule has 1 nitrogen and oxygen atoms in total. The number of aliphatic hydroxyl groups is 1. The van der Waals surface area contributed by atoms with Gasteiger partial charge in [0, 0.05) is 22.0 Å². The van der Waals surface area contributed by atoms with E-state index in [0.717, 1.165) is 0 Å². The molecule has 0 bridgehead atoms. The average Bonchev–Trinajstić information content (AvgIpc) is 2.15. The molecule has 0 saturated heterocycles. The van der Waals surface area contributed by atoms with Gasteiger partial charge in [0.25, 0.3) is 0 Å². The summed E-state index contributed by atoms with van der Waals surface area (Å²) >= 11 is 1.91. The SMILES string of the molecule is [2H]C([2H])([2H])C([2H])(C)CI.[2H]C([2H])([2H])C([2H])(C)CO. The van der Waals surface area contributed by atoms with Crippen LogP contribution in [0.4, 0.5) is 0 Å². The number of hydrogen-bond donors (Lipinski definition) is 1. The van der Waals surface area contributed by atoms with Crippen molar-refractivity contribution in [1.29, 1.82) is 0 Å². The van der Waals surface area contributed by atoms with Gasteiger partial charge in [0.2, 0.25) is 0 Å². The van der Waals surface area contributed by atoms with Crippen molar-refractivity contribution in [2.75, 3.05) is 11.0 Å². The molecule has 0 radical (unpaired) electrons. The first-order valence-corrected chi connectivity index (χ1v) is 4.32. The van der Waals surface area contributed by atoms with Crippen LogP contribution < -0.4 is 0 Å². The zero-order valence-electron chi connectivity index (χ0n) is 14.2. The highest BCUT2D eigenvalue weighted by Gasteiger charge is 1.82. The van der Waals surface area contributed by atoms with Gasteiger partial charge in [-0.25, -0.2) is 0 Å². The van der Waals surface area contributed by atoms with Crippen LogP contribution in [0.3, 0.4) is 0 Å². The lowest BCUT2D eigenvalue weighted by Crippen LogP contribution is -1.90. The van der Waals surface area contributed by atoms with E-state index in [9.17, 15) is 0 Å². The number of hydrogen-bond acceptors (Lipinski definition) is 1. The van der Waals surface area contributed by atoms with Gasteiger partial charge in [-0.2, -0.15) is 0 Å². The van der Waals surface area contributed by atoms with E-state index in [0.29, 0.717) is 4.43 Å². The average molecular weight is 266 g/mol. The molecule has 0 aromatic heterocycles. The Hall–Kier alpha value is 0.690. The first-order chi connectivity index (χ1) is 7.62. The molecule has 0 aromatic carbocycles. The third-order valence-electron chi connectivity index (χ3n) is 0.438. The van der Waals surface area contributed by atoms with E-state index >= 15 is 0 Å². The summed E-state index contributed by atoms with van der Waals surface area (Å²) in [6.45, 7) is -2.56. The van der Waals surface area contributed by atoms with Crippen LogP contribution in [0.15, 0.2) is 0 Å². The summed E-state index contributed by atoms with van der Waals surface area (Å²) in [6.07, 6.45) is 0. The van der Waals surface area contributed by atoms with Crippen LogP contribution in [-0.2, 0) is 0 Å². The van der Waals surface area contributed by atoms with Crippen molar-refractivity contribution < 1.29 is 16.1 Å². The molecule has 0 aliphatic heterocycles. The molecule has 64 valence electrons. The molecule has 0 aliphatic carbocycles. The van der Waals surface area contributed by atoms with Gasteiger partial charge in [0.1, 0.15) is 0 Å².